The van der Waals surface area contributed by atoms with Crippen molar-refractivity contribution >= 4 is 17.7 Å². The second kappa shape index (κ2) is 11.2. The standard InChI is InChI=1S/C20H29NO6/c1-6-18(22)26-14-15(12-24-7-2)13-25-17-10-8-16(9-11-17)21-19(23)27-20(3,4)5/h6,8-11,15H,1,7,12-14H2,2-5H3,(H,21,23). The molecule has 1 atom stereocenters. The quantitative estimate of drug-likeness (QED) is 0.492. The first kappa shape index (κ1) is 22.5. The zero-order valence-corrected chi connectivity index (χ0v) is 16.4. The van der Waals surface area contributed by atoms with Crippen molar-refractivity contribution in [3.05, 3.63) is 36.9 Å². The van der Waals surface area contributed by atoms with Crippen LogP contribution < -0.4 is 10.1 Å². The Bertz CT molecular complexity index is 606. The fourth-order valence-corrected chi connectivity index (χ4v) is 1.96. The summed E-state index contributed by atoms with van der Waals surface area (Å²) in [6.45, 7) is 12.1. The van der Waals surface area contributed by atoms with E-state index in [-0.39, 0.29) is 12.5 Å². The van der Waals surface area contributed by atoms with Crippen molar-refractivity contribution in [3.63, 3.8) is 0 Å². The second-order valence-electron chi connectivity index (χ2n) is 6.82. The van der Waals surface area contributed by atoms with Crippen molar-refractivity contribution in [2.75, 3.05) is 31.7 Å². The van der Waals surface area contributed by atoms with Crippen molar-refractivity contribution < 1.29 is 28.5 Å². The maximum absolute atomic E-state index is 11.8. The molecular formula is C20H29NO6. The lowest BCUT2D eigenvalue weighted by atomic mass is 10.2. The van der Waals surface area contributed by atoms with Crippen LogP contribution >= 0.6 is 0 Å². The van der Waals surface area contributed by atoms with Crippen LogP contribution in [0, 0.1) is 5.92 Å². The maximum atomic E-state index is 11.8. The van der Waals surface area contributed by atoms with E-state index in [2.05, 4.69) is 11.9 Å². The maximum Gasteiger partial charge on any atom is 0.412 e. The van der Waals surface area contributed by atoms with Gasteiger partial charge in [0.05, 0.1) is 25.7 Å². The van der Waals surface area contributed by atoms with Crippen LogP contribution in [0.1, 0.15) is 27.7 Å². The Balaban J connectivity index is 2.52. The van der Waals surface area contributed by atoms with Gasteiger partial charge in [-0.25, -0.2) is 9.59 Å². The van der Waals surface area contributed by atoms with Gasteiger partial charge in [0.1, 0.15) is 11.4 Å². The molecule has 0 fully saturated rings. The summed E-state index contributed by atoms with van der Waals surface area (Å²) in [6.07, 6.45) is 0.603. The Hall–Kier alpha value is -2.54. The highest BCUT2D eigenvalue weighted by molar-refractivity contribution is 5.84. The predicted molar refractivity (Wildman–Crippen MR) is 103 cm³/mol. The van der Waals surface area contributed by atoms with E-state index in [1.54, 1.807) is 45.0 Å². The number of benzene rings is 1. The van der Waals surface area contributed by atoms with Crippen LogP contribution in [0.3, 0.4) is 0 Å². The largest absolute Gasteiger partial charge is 0.493 e. The number of carbonyl (C=O) groups is 2. The molecule has 1 rings (SSSR count). The summed E-state index contributed by atoms with van der Waals surface area (Å²) in [4.78, 5) is 23.0. The number of nitrogens with one attached hydrogen (secondary N) is 1. The lowest BCUT2D eigenvalue weighted by Crippen LogP contribution is -2.27. The fourth-order valence-electron chi connectivity index (χ4n) is 1.96. The first-order valence-electron chi connectivity index (χ1n) is 8.83. The van der Waals surface area contributed by atoms with E-state index >= 15 is 0 Å². The summed E-state index contributed by atoms with van der Waals surface area (Å²) < 4.78 is 21.4. The molecule has 1 aromatic rings. The van der Waals surface area contributed by atoms with Crippen molar-refractivity contribution in [2.45, 2.75) is 33.3 Å². The first-order chi connectivity index (χ1) is 12.7. The Morgan fingerprint density at radius 2 is 1.81 bits per heavy atom. The van der Waals surface area contributed by atoms with Crippen LogP contribution in [0.2, 0.25) is 0 Å². The molecule has 0 radical (unpaired) electrons. The molecule has 0 aliphatic carbocycles. The van der Waals surface area contributed by atoms with Gasteiger partial charge in [-0.15, -0.1) is 0 Å². The number of hydrogen-bond acceptors (Lipinski definition) is 6. The highest BCUT2D eigenvalue weighted by Crippen LogP contribution is 2.18. The van der Waals surface area contributed by atoms with Crippen LogP contribution in [0.25, 0.3) is 0 Å². The fraction of sp³-hybridized carbons (Fsp3) is 0.500. The highest BCUT2D eigenvalue weighted by atomic mass is 16.6. The molecule has 0 heterocycles. The molecule has 0 aliphatic rings. The van der Waals surface area contributed by atoms with E-state index < -0.39 is 17.7 Å². The Morgan fingerprint density at radius 1 is 1.15 bits per heavy atom. The summed E-state index contributed by atoms with van der Waals surface area (Å²) in [7, 11) is 0. The van der Waals surface area contributed by atoms with Crippen LogP contribution in [-0.4, -0.2) is 44.1 Å². The number of amides is 1. The molecule has 1 amide bonds. The minimum Gasteiger partial charge on any atom is -0.493 e. The van der Waals surface area contributed by atoms with Crippen molar-refractivity contribution in [3.8, 4) is 5.75 Å². The minimum absolute atomic E-state index is 0.103. The minimum atomic E-state index is -0.558. The van der Waals surface area contributed by atoms with Crippen LogP contribution in [-0.2, 0) is 19.0 Å². The van der Waals surface area contributed by atoms with E-state index in [0.717, 1.165) is 6.08 Å². The van der Waals surface area contributed by atoms with E-state index in [1.165, 1.54) is 0 Å². The van der Waals surface area contributed by atoms with Gasteiger partial charge in [-0.3, -0.25) is 5.32 Å². The van der Waals surface area contributed by atoms with Gasteiger partial charge in [-0.05, 0) is 52.0 Å². The number of anilines is 1. The number of carbonyl (C=O) groups excluding carboxylic acids is 2. The molecule has 1 N–H and O–H groups in total. The molecule has 0 aromatic heterocycles. The monoisotopic (exact) mass is 379 g/mol. The molecule has 1 unspecified atom stereocenters. The molecular weight excluding hydrogens is 350 g/mol. The van der Waals surface area contributed by atoms with Crippen LogP contribution in [0.5, 0.6) is 5.75 Å². The summed E-state index contributed by atoms with van der Waals surface area (Å²) in [5.74, 6) is 0.0452. The van der Waals surface area contributed by atoms with E-state index in [0.29, 0.717) is 31.3 Å². The third kappa shape index (κ3) is 10.3. The average Bonchev–Trinajstić information content (AvgIpc) is 2.60. The summed E-state index contributed by atoms with van der Waals surface area (Å²) in [5, 5.41) is 2.65. The third-order valence-corrected chi connectivity index (χ3v) is 3.17. The molecule has 7 nitrogen and oxygen atoms in total. The van der Waals surface area contributed by atoms with Gasteiger partial charge >= 0.3 is 12.1 Å². The Morgan fingerprint density at radius 3 is 2.37 bits per heavy atom. The van der Waals surface area contributed by atoms with E-state index in [9.17, 15) is 9.59 Å². The van der Waals surface area contributed by atoms with Crippen molar-refractivity contribution in [2.24, 2.45) is 5.92 Å². The molecule has 150 valence electrons. The van der Waals surface area contributed by atoms with Gasteiger partial charge in [0, 0.05) is 18.4 Å². The Labute approximate surface area is 160 Å². The lowest BCUT2D eigenvalue weighted by Gasteiger charge is -2.20. The molecule has 27 heavy (non-hydrogen) atoms. The first-order valence-corrected chi connectivity index (χ1v) is 8.83. The molecule has 7 heteroatoms. The van der Waals surface area contributed by atoms with Crippen molar-refractivity contribution in [1.82, 2.24) is 0 Å². The van der Waals surface area contributed by atoms with Gasteiger partial charge in [-0.2, -0.15) is 0 Å². The van der Waals surface area contributed by atoms with E-state index in [1.807, 2.05) is 6.92 Å². The zero-order chi connectivity index (χ0) is 20.3. The topological polar surface area (TPSA) is 83.1 Å². The van der Waals surface area contributed by atoms with Gasteiger partial charge in [0.15, 0.2) is 0 Å². The summed E-state index contributed by atoms with van der Waals surface area (Å²) >= 11 is 0. The second-order valence-corrected chi connectivity index (χ2v) is 6.82. The van der Waals surface area contributed by atoms with Gasteiger partial charge in [0.25, 0.3) is 0 Å². The highest BCUT2D eigenvalue weighted by Gasteiger charge is 2.16. The normalized spacial score (nSPS) is 12.0. The molecule has 0 saturated carbocycles. The predicted octanol–water partition coefficient (Wildman–Crippen LogP) is 3.79. The van der Waals surface area contributed by atoms with Crippen LogP contribution in [0.4, 0.5) is 10.5 Å². The van der Waals surface area contributed by atoms with Gasteiger partial charge < -0.3 is 18.9 Å². The molecule has 0 saturated heterocycles. The summed E-state index contributed by atoms with van der Waals surface area (Å²) in [5.41, 5.74) is 0.0416. The van der Waals surface area contributed by atoms with Crippen molar-refractivity contribution in [1.29, 1.82) is 0 Å². The molecule has 1 aromatic carbocycles. The number of hydrogen-bond donors (Lipinski definition) is 1. The molecule has 0 aliphatic heterocycles. The zero-order valence-electron chi connectivity index (χ0n) is 16.4. The molecule has 0 bridgehead atoms. The van der Waals surface area contributed by atoms with Gasteiger partial charge in [-0.1, -0.05) is 6.58 Å². The number of rotatable bonds is 10. The van der Waals surface area contributed by atoms with Gasteiger partial charge in [0.2, 0.25) is 0 Å². The van der Waals surface area contributed by atoms with Crippen LogP contribution in [0.15, 0.2) is 36.9 Å². The number of ether oxygens (including phenoxy) is 4. The Kier molecular flexibility index (Phi) is 9.36. The average molecular weight is 379 g/mol. The summed E-state index contributed by atoms with van der Waals surface area (Å²) in [6, 6.07) is 6.91. The lowest BCUT2D eigenvalue weighted by molar-refractivity contribution is -0.140. The smallest absolute Gasteiger partial charge is 0.412 e. The SMILES string of the molecule is C=CC(=O)OCC(COCC)COc1ccc(NC(=O)OC(C)(C)C)cc1. The number of esters is 1. The molecule has 0 spiro atoms. The van der Waals surface area contributed by atoms with E-state index in [4.69, 9.17) is 18.9 Å². The third-order valence-electron chi connectivity index (χ3n) is 3.17.